The number of nitrogens with one attached hydrogen (secondary N) is 1. The molecule has 6 nitrogen and oxygen atoms in total. The van der Waals surface area contributed by atoms with E-state index in [4.69, 9.17) is 0 Å². The van der Waals surface area contributed by atoms with Gasteiger partial charge in [-0.15, -0.1) is 0 Å². The fraction of sp³-hybridized carbons (Fsp3) is 0.517. The van der Waals surface area contributed by atoms with E-state index < -0.39 is 0 Å². The summed E-state index contributed by atoms with van der Waals surface area (Å²) < 4.78 is 0. The van der Waals surface area contributed by atoms with Crippen LogP contribution in [0.4, 0.5) is 17.1 Å². The molecule has 35 heavy (non-hydrogen) atoms. The molecule has 188 valence electrons. The van der Waals surface area contributed by atoms with Crippen LogP contribution in [-0.4, -0.2) is 61.4 Å². The number of anilines is 3. The maximum atomic E-state index is 13.8. The summed E-state index contributed by atoms with van der Waals surface area (Å²) in [7, 11) is 2.13. The number of rotatable bonds is 8. The molecule has 1 saturated heterocycles. The molecule has 2 heterocycles. The maximum absolute atomic E-state index is 13.8. The fourth-order valence-electron chi connectivity index (χ4n) is 5.29. The SMILES string of the molecule is CCCC(CCC)C(=O)Nc1ccc2c(c1)N(C(=O)CN1CCN(C)CC1)c1ccccc1CC2. The Morgan fingerprint density at radius 3 is 2.23 bits per heavy atom. The molecule has 2 amide bonds. The van der Waals surface area contributed by atoms with E-state index in [-0.39, 0.29) is 17.7 Å². The molecule has 0 saturated carbocycles. The summed E-state index contributed by atoms with van der Waals surface area (Å²) in [5.41, 5.74) is 4.96. The van der Waals surface area contributed by atoms with E-state index in [1.54, 1.807) is 0 Å². The van der Waals surface area contributed by atoms with E-state index in [1.807, 2.05) is 29.2 Å². The van der Waals surface area contributed by atoms with Crippen molar-refractivity contribution in [2.45, 2.75) is 52.4 Å². The molecule has 2 aromatic rings. The van der Waals surface area contributed by atoms with Crippen molar-refractivity contribution in [3.05, 3.63) is 53.6 Å². The standard InChI is InChI=1S/C29H40N4O2/c1-4-8-24(9-5-2)29(35)30-25-15-14-23-13-12-22-10-6-7-11-26(22)33(27(23)20-25)28(34)21-32-18-16-31(3)17-19-32/h6-7,10-11,14-15,20,24H,4-5,8-9,12-13,16-19,21H2,1-3H3,(H,30,35). The molecule has 0 aliphatic carbocycles. The summed E-state index contributed by atoms with van der Waals surface area (Å²) in [6.07, 6.45) is 5.54. The van der Waals surface area contributed by atoms with Crippen LogP contribution in [0.5, 0.6) is 0 Å². The summed E-state index contributed by atoms with van der Waals surface area (Å²) in [5.74, 6) is 0.195. The Morgan fingerprint density at radius 1 is 0.886 bits per heavy atom. The second kappa shape index (κ2) is 11.8. The Kier molecular flexibility index (Phi) is 8.58. The van der Waals surface area contributed by atoms with Crippen molar-refractivity contribution in [3.63, 3.8) is 0 Å². The minimum absolute atomic E-state index is 0.0273. The van der Waals surface area contributed by atoms with Gasteiger partial charge >= 0.3 is 0 Å². The van der Waals surface area contributed by atoms with Gasteiger partial charge in [0, 0.05) is 37.8 Å². The van der Waals surface area contributed by atoms with Gasteiger partial charge in [-0.1, -0.05) is 51.0 Å². The number of aryl methyl sites for hydroxylation is 2. The number of nitrogens with zero attached hydrogens (tertiary/aromatic N) is 3. The Balaban J connectivity index is 1.63. The molecule has 0 radical (unpaired) electrons. The van der Waals surface area contributed by atoms with E-state index in [2.05, 4.69) is 54.2 Å². The highest BCUT2D eigenvalue weighted by molar-refractivity contribution is 6.04. The molecule has 1 N–H and O–H groups in total. The van der Waals surface area contributed by atoms with Crippen LogP contribution in [0.15, 0.2) is 42.5 Å². The number of fused-ring (bicyclic) bond motifs is 2. The van der Waals surface area contributed by atoms with Crippen molar-refractivity contribution >= 4 is 28.9 Å². The number of carbonyl (C=O) groups is 2. The van der Waals surface area contributed by atoms with Crippen LogP contribution in [0.1, 0.15) is 50.7 Å². The molecular formula is C29H40N4O2. The molecule has 2 aromatic carbocycles. The van der Waals surface area contributed by atoms with Gasteiger partial charge in [0.05, 0.1) is 17.9 Å². The first-order valence-electron chi connectivity index (χ1n) is 13.3. The molecule has 0 spiro atoms. The normalized spacial score (nSPS) is 16.5. The molecule has 2 aliphatic rings. The lowest BCUT2D eigenvalue weighted by Gasteiger charge is -2.34. The van der Waals surface area contributed by atoms with Crippen molar-refractivity contribution in [2.75, 3.05) is 50.0 Å². The fourth-order valence-corrected chi connectivity index (χ4v) is 5.29. The lowest BCUT2D eigenvalue weighted by Crippen LogP contribution is -2.48. The minimum atomic E-state index is 0.0273. The topological polar surface area (TPSA) is 55.9 Å². The second-order valence-electron chi connectivity index (χ2n) is 10.0. The Hall–Kier alpha value is -2.70. The predicted octanol–water partition coefficient (Wildman–Crippen LogP) is 4.85. The van der Waals surface area contributed by atoms with Gasteiger partial charge in [-0.3, -0.25) is 19.4 Å². The van der Waals surface area contributed by atoms with E-state index >= 15 is 0 Å². The number of para-hydroxylation sites is 1. The van der Waals surface area contributed by atoms with Crippen LogP contribution in [0, 0.1) is 5.92 Å². The summed E-state index contributed by atoms with van der Waals surface area (Å²) in [6, 6.07) is 14.3. The van der Waals surface area contributed by atoms with E-state index in [9.17, 15) is 9.59 Å². The average Bonchev–Trinajstić information content (AvgIpc) is 3.02. The van der Waals surface area contributed by atoms with Crippen LogP contribution in [0.2, 0.25) is 0 Å². The van der Waals surface area contributed by atoms with E-state index in [1.165, 1.54) is 5.56 Å². The first-order chi connectivity index (χ1) is 17.0. The number of likely N-dealkylation sites (N-methyl/N-ethyl adjacent to an activating group) is 1. The van der Waals surface area contributed by atoms with Crippen molar-refractivity contribution in [2.24, 2.45) is 5.92 Å². The van der Waals surface area contributed by atoms with Crippen molar-refractivity contribution < 1.29 is 9.59 Å². The highest BCUT2D eigenvalue weighted by Crippen LogP contribution is 2.38. The third kappa shape index (κ3) is 6.11. The highest BCUT2D eigenvalue weighted by atomic mass is 16.2. The molecule has 0 atom stereocenters. The number of amides is 2. The van der Waals surface area contributed by atoms with Crippen molar-refractivity contribution in [1.82, 2.24) is 9.80 Å². The molecule has 0 bridgehead atoms. The molecule has 0 aromatic heterocycles. The van der Waals surface area contributed by atoms with Gasteiger partial charge in [0.15, 0.2) is 0 Å². The van der Waals surface area contributed by atoms with Crippen molar-refractivity contribution in [3.8, 4) is 0 Å². The number of hydrogen-bond acceptors (Lipinski definition) is 4. The Morgan fingerprint density at radius 2 is 1.54 bits per heavy atom. The predicted molar refractivity (Wildman–Crippen MR) is 143 cm³/mol. The lowest BCUT2D eigenvalue weighted by atomic mass is 9.97. The quantitative estimate of drug-likeness (QED) is 0.592. The molecule has 4 rings (SSSR count). The zero-order valence-corrected chi connectivity index (χ0v) is 21.6. The van der Waals surface area contributed by atoms with Crippen LogP contribution in [-0.2, 0) is 22.4 Å². The van der Waals surface area contributed by atoms with Gasteiger partial charge in [-0.2, -0.15) is 0 Å². The Labute approximate surface area is 210 Å². The monoisotopic (exact) mass is 476 g/mol. The summed E-state index contributed by atoms with van der Waals surface area (Å²) in [5, 5.41) is 3.16. The number of benzene rings is 2. The third-order valence-electron chi connectivity index (χ3n) is 7.34. The van der Waals surface area contributed by atoms with E-state index in [0.29, 0.717) is 6.54 Å². The van der Waals surface area contributed by atoms with Gasteiger partial charge in [-0.05, 0) is 62.1 Å². The van der Waals surface area contributed by atoms with Crippen LogP contribution >= 0.6 is 0 Å². The van der Waals surface area contributed by atoms with Crippen LogP contribution in [0.3, 0.4) is 0 Å². The molecular weight excluding hydrogens is 436 g/mol. The van der Waals surface area contributed by atoms with Gasteiger partial charge in [0.2, 0.25) is 11.8 Å². The third-order valence-corrected chi connectivity index (χ3v) is 7.34. The number of carbonyl (C=O) groups excluding carboxylic acids is 2. The van der Waals surface area contributed by atoms with Crippen LogP contribution in [0.25, 0.3) is 0 Å². The number of hydrogen-bond donors (Lipinski definition) is 1. The Bertz CT molecular complexity index is 1020. The minimum Gasteiger partial charge on any atom is -0.326 e. The summed E-state index contributed by atoms with van der Waals surface area (Å²) >= 11 is 0. The highest BCUT2D eigenvalue weighted by Gasteiger charge is 2.28. The summed E-state index contributed by atoms with van der Waals surface area (Å²) in [4.78, 5) is 33.3. The van der Waals surface area contributed by atoms with Gasteiger partial charge in [0.1, 0.15) is 0 Å². The van der Waals surface area contributed by atoms with Crippen LogP contribution < -0.4 is 10.2 Å². The molecule has 2 aliphatic heterocycles. The molecule has 6 heteroatoms. The second-order valence-corrected chi connectivity index (χ2v) is 10.0. The first-order valence-corrected chi connectivity index (χ1v) is 13.3. The number of piperazine rings is 1. The van der Waals surface area contributed by atoms with E-state index in [0.717, 1.165) is 87.3 Å². The van der Waals surface area contributed by atoms with Gasteiger partial charge in [0.25, 0.3) is 0 Å². The van der Waals surface area contributed by atoms with Crippen molar-refractivity contribution in [1.29, 1.82) is 0 Å². The zero-order chi connectivity index (χ0) is 24.8. The average molecular weight is 477 g/mol. The lowest BCUT2D eigenvalue weighted by molar-refractivity contribution is -0.120. The largest absolute Gasteiger partial charge is 0.326 e. The smallest absolute Gasteiger partial charge is 0.245 e. The first kappa shape index (κ1) is 25.4. The molecule has 1 fully saturated rings. The molecule has 0 unspecified atom stereocenters. The summed E-state index contributed by atoms with van der Waals surface area (Å²) in [6.45, 7) is 8.40. The zero-order valence-electron chi connectivity index (χ0n) is 21.6. The van der Waals surface area contributed by atoms with Gasteiger partial charge in [-0.25, -0.2) is 0 Å². The van der Waals surface area contributed by atoms with Gasteiger partial charge < -0.3 is 10.2 Å². The maximum Gasteiger partial charge on any atom is 0.245 e.